The second-order valence-electron chi connectivity index (χ2n) is 8.02. The van der Waals surface area contributed by atoms with Crippen molar-refractivity contribution in [3.63, 3.8) is 0 Å². The van der Waals surface area contributed by atoms with Crippen molar-refractivity contribution in [3.05, 3.63) is 59.4 Å². The van der Waals surface area contributed by atoms with Gasteiger partial charge < -0.3 is 10.1 Å². The van der Waals surface area contributed by atoms with Crippen molar-refractivity contribution in [2.75, 3.05) is 11.9 Å². The third kappa shape index (κ3) is 5.35. The number of rotatable bonds is 6. The number of benzene rings is 2. The molecule has 2 N–H and O–H groups in total. The quantitative estimate of drug-likeness (QED) is 0.389. The van der Waals surface area contributed by atoms with Gasteiger partial charge in [0, 0.05) is 16.8 Å². The Morgan fingerprint density at radius 1 is 1.15 bits per heavy atom. The lowest BCUT2D eigenvalue weighted by atomic mass is 10.1. The number of carbonyl (C=O) groups is 1. The summed E-state index contributed by atoms with van der Waals surface area (Å²) in [5, 5.41) is 19.6. The highest BCUT2D eigenvalue weighted by atomic mass is 32.1. The Kier molecular flexibility index (Phi) is 6.66. The number of carbonyl (C=O) groups excluding carboxylic acids is 1. The summed E-state index contributed by atoms with van der Waals surface area (Å²) in [6, 6.07) is 12.9. The van der Waals surface area contributed by atoms with Crippen LogP contribution in [0.5, 0.6) is 5.75 Å². The summed E-state index contributed by atoms with van der Waals surface area (Å²) in [4.78, 5) is 13.3. The fourth-order valence-electron chi connectivity index (χ4n) is 3.06. The van der Waals surface area contributed by atoms with E-state index in [1.54, 1.807) is 28.8 Å². The Labute approximate surface area is 201 Å². The van der Waals surface area contributed by atoms with Crippen LogP contribution in [0.4, 0.5) is 5.69 Å². The molecule has 0 aliphatic heterocycles. The zero-order valence-electron chi connectivity index (χ0n) is 18.7. The molecule has 0 spiro atoms. The van der Waals surface area contributed by atoms with Gasteiger partial charge in [0.25, 0.3) is 5.91 Å². The zero-order chi connectivity index (χ0) is 23.5. The van der Waals surface area contributed by atoms with Crippen molar-refractivity contribution in [2.24, 2.45) is 5.92 Å². The summed E-state index contributed by atoms with van der Waals surface area (Å²) < 4.78 is 7.39. The standard InChI is InChI=1S/C23H24N6O2S2/c1-13(2)12-31-18-8-5-16(6-9-18)20(30)25-22(32)24-19-10-7-17(11-14(19)3)21-28-29-15(4)26-27-23(29)33-21/h5-11,13H,12H2,1-4H3,(H2,24,25,30,32). The largest absolute Gasteiger partial charge is 0.493 e. The molecular weight excluding hydrogens is 456 g/mol. The van der Waals surface area contributed by atoms with E-state index in [1.807, 2.05) is 32.0 Å². The summed E-state index contributed by atoms with van der Waals surface area (Å²) in [6.45, 7) is 8.64. The molecule has 0 radical (unpaired) electrons. The number of anilines is 1. The Hall–Kier alpha value is -3.37. The maximum atomic E-state index is 12.5. The molecule has 0 aliphatic carbocycles. The highest BCUT2D eigenvalue weighted by molar-refractivity contribution is 7.80. The number of nitrogens with zero attached hydrogens (tertiary/aromatic N) is 4. The molecule has 0 saturated heterocycles. The molecule has 8 nitrogen and oxygen atoms in total. The van der Waals surface area contributed by atoms with Crippen molar-refractivity contribution < 1.29 is 9.53 Å². The van der Waals surface area contributed by atoms with Crippen molar-refractivity contribution >= 4 is 45.2 Å². The summed E-state index contributed by atoms with van der Waals surface area (Å²) in [6.07, 6.45) is 0. The zero-order valence-corrected chi connectivity index (χ0v) is 20.4. The first-order chi connectivity index (χ1) is 15.8. The van der Waals surface area contributed by atoms with Crippen LogP contribution in [0.1, 0.15) is 35.6 Å². The lowest BCUT2D eigenvalue weighted by Crippen LogP contribution is -2.34. The van der Waals surface area contributed by atoms with Gasteiger partial charge in [0.1, 0.15) is 10.8 Å². The number of aryl methyl sites for hydroxylation is 2. The highest BCUT2D eigenvalue weighted by Gasteiger charge is 2.13. The Morgan fingerprint density at radius 3 is 2.58 bits per heavy atom. The van der Waals surface area contributed by atoms with E-state index in [-0.39, 0.29) is 11.0 Å². The molecule has 2 heterocycles. The second-order valence-corrected chi connectivity index (χ2v) is 9.38. The average molecular weight is 481 g/mol. The van der Waals surface area contributed by atoms with E-state index in [0.717, 1.165) is 38.4 Å². The summed E-state index contributed by atoms with van der Waals surface area (Å²) in [5.74, 6) is 1.63. The number of thiocarbonyl (C=S) groups is 1. The molecule has 170 valence electrons. The lowest BCUT2D eigenvalue weighted by molar-refractivity contribution is 0.0977. The van der Waals surface area contributed by atoms with Crippen molar-refractivity contribution in [1.82, 2.24) is 25.1 Å². The van der Waals surface area contributed by atoms with Gasteiger partial charge in [-0.3, -0.25) is 10.1 Å². The number of hydrogen-bond acceptors (Lipinski definition) is 7. The molecule has 4 aromatic rings. The van der Waals surface area contributed by atoms with Gasteiger partial charge in [-0.2, -0.15) is 9.61 Å². The fourth-order valence-corrected chi connectivity index (χ4v) is 4.15. The number of hydrogen-bond donors (Lipinski definition) is 2. The van der Waals surface area contributed by atoms with Crippen molar-refractivity contribution in [1.29, 1.82) is 0 Å². The lowest BCUT2D eigenvalue weighted by Gasteiger charge is -2.13. The van der Waals surface area contributed by atoms with Gasteiger partial charge >= 0.3 is 0 Å². The molecule has 10 heteroatoms. The van der Waals surface area contributed by atoms with Gasteiger partial charge in [-0.05, 0) is 80.0 Å². The van der Waals surface area contributed by atoms with Gasteiger partial charge in [-0.15, -0.1) is 10.2 Å². The maximum absolute atomic E-state index is 12.5. The van der Waals surface area contributed by atoms with Gasteiger partial charge in [-0.25, -0.2) is 0 Å². The van der Waals surface area contributed by atoms with Crippen LogP contribution in [0.3, 0.4) is 0 Å². The van der Waals surface area contributed by atoms with Crippen molar-refractivity contribution in [2.45, 2.75) is 27.7 Å². The number of aromatic nitrogens is 4. The van der Waals surface area contributed by atoms with Crippen LogP contribution in [0.2, 0.25) is 0 Å². The summed E-state index contributed by atoms with van der Waals surface area (Å²) in [5.41, 5.74) is 3.25. The molecule has 2 aromatic heterocycles. The van der Waals surface area contributed by atoms with Crippen LogP contribution in [0.25, 0.3) is 15.5 Å². The van der Waals surface area contributed by atoms with Crippen LogP contribution in [-0.4, -0.2) is 37.4 Å². The molecule has 33 heavy (non-hydrogen) atoms. The normalized spacial score (nSPS) is 11.1. The summed E-state index contributed by atoms with van der Waals surface area (Å²) in [7, 11) is 0. The molecule has 0 unspecified atom stereocenters. The minimum absolute atomic E-state index is 0.227. The van der Waals surface area contributed by atoms with E-state index in [4.69, 9.17) is 17.0 Å². The van der Waals surface area contributed by atoms with E-state index in [0.29, 0.717) is 18.1 Å². The Bertz CT molecular complexity index is 1310. The van der Waals surface area contributed by atoms with E-state index in [9.17, 15) is 4.79 Å². The summed E-state index contributed by atoms with van der Waals surface area (Å²) >= 11 is 6.82. The van der Waals surface area contributed by atoms with E-state index < -0.39 is 0 Å². The molecule has 0 atom stereocenters. The number of fused-ring (bicyclic) bond motifs is 1. The van der Waals surface area contributed by atoms with Crippen LogP contribution < -0.4 is 15.4 Å². The minimum Gasteiger partial charge on any atom is -0.493 e. The van der Waals surface area contributed by atoms with Gasteiger partial charge in [-0.1, -0.05) is 25.2 Å². The molecule has 0 bridgehead atoms. The highest BCUT2D eigenvalue weighted by Crippen LogP contribution is 2.28. The molecule has 2 aromatic carbocycles. The van der Waals surface area contributed by atoms with Crippen LogP contribution in [-0.2, 0) is 0 Å². The van der Waals surface area contributed by atoms with E-state index in [1.165, 1.54) is 11.3 Å². The van der Waals surface area contributed by atoms with Crippen LogP contribution in [0, 0.1) is 19.8 Å². The van der Waals surface area contributed by atoms with Crippen LogP contribution in [0.15, 0.2) is 42.5 Å². The minimum atomic E-state index is -0.285. The van der Waals surface area contributed by atoms with E-state index >= 15 is 0 Å². The predicted molar refractivity (Wildman–Crippen MR) is 134 cm³/mol. The SMILES string of the molecule is Cc1cc(-c2nn3c(C)nnc3s2)ccc1NC(=S)NC(=O)c1ccc(OCC(C)C)cc1. The van der Waals surface area contributed by atoms with Gasteiger partial charge in [0.2, 0.25) is 4.96 Å². The monoisotopic (exact) mass is 480 g/mol. The molecule has 4 rings (SSSR count). The third-order valence-electron chi connectivity index (χ3n) is 4.80. The molecule has 0 aliphatic rings. The predicted octanol–water partition coefficient (Wildman–Crippen LogP) is 4.63. The first-order valence-electron chi connectivity index (χ1n) is 10.4. The van der Waals surface area contributed by atoms with Crippen molar-refractivity contribution in [3.8, 4) is 16.3 Å². The second kappa shape index (κ2) is 9.63. The van der Waals surface area contributed by atoms with E-state index in [2.05, 4.69) is 39.8 Å². The first kappa shape index (κ1) is 22.8. The molecular formula is C23H24N6O2S2. The average Bonchev–Trinajstić information content (AvgIpc) is 3.36. The molecule has 1 amide bonds. The fraction of sp³-hybridized carbons (Fsp3) is 0.261. The smallest absolute Gasteiger partial charge is 0.257 e. The number of ether oxygens (including phenoxy) is 1. The van der Waals surface area contributed by atoms with Gasteiger partial charge in [0.15, 0.2) is 10.9 Å². The topological polar surface area (TPSA) is 93.4 Å². The third-order valence-corrected chi connectivity index (χ3v) is 5.95. The molecule has 0 saturated carbocycles. The Morgan fingerprint density at radius 2 is 1.91 bits per heavy atom. The van der Waals surface area contributed by atoms with Crippen LogP contribution >= 0.6 is 23.6 Å². The Balaban J connectivity index is 1.38. The molecule has 0 fully saturated rings. The maximum Gasteiger partial charge on any atom is 0.257 e. The first-order valence-corrected chi connectivity index (χ1v) is 11.7. The number of nitrogens with one attached hydrogen (secondary N) is 2. The number of amides is 1. The van der Waals surface area contributed by atoms with Gasteiger partial charge in [0.05, 0.1) is 6.61 Å².